The fourth-order valence-corrected chi connectivity index (χ4v) is 3.29. The van der Waals surface area contributed by atoms with E-state index in [1.807, 2.05) is 0 Å². The minimum atomic E-state index is 0.299. The number of fused-ring (bicyclic) bond motifs is 1. The molecule has 1 aromatic heterocycles. The highest BCUT2D eigenvalue weighted by molar-refractivity contribution is 5.83. The van der Waals surface area contributed by atoms with Gasteiger partial charge in [-0.3, -0.25) is 4.90 Å². The van der Waals surface area contributed by atoms with Crippen molar-refractivity contribution in [2.45, 2.75) is 32.5 Å². The van der Waals surface area contributed by atoms with E-state index in [0.29, 0.717) is 6.10 Å². The van der Waals surface area contributed by atoms with Crippen LogP contribution in [-0.2, 0) is 22.6 Å². The van der Waals surface area contributed by atoms with Gasteiger partial charge >= 0.3 is 0 Å². The molecule has 120 valence electrons. The molecule has 2 aromatic rings. The third-order valence-corrected chi connectivity index (χ3v) is 4.51. The Morgan fingerprint density at radius 1 is 1.32 bits per heavy atom. The molecule has 0 amide bonds. The van der Waals surface area contributed by atoms with Crippen LogP contribution in [0.4, 0.5) is 0 Å². The molecule has 1 saturated heterocycles. The SMILES string of the molecule is CCn1ccc2c(CN3CCO[C@H](CCOC)C3)cccc21. The largest absolute Gasteiger partial charge is 0.385 e. The molecule has 0 unspecified atom stereocenters. The van der Waals surface area contributed by atoms with E-state index in [4.69, 9.17) is 9.47 Å². The molecule has 0 radical (unpaired) electrons. The fourth-order valence-electron chi connectivity index (χ4n) is 3.29. The van der Waals surface area contributed by atoms with Crippen LogP contribution < -0.4 is 0 Å². The van der Waals surface area contributed by atoms with E-state index in [1.165, 1.54) is 16.5 Å². The van der Waals surface area contributed by atoms with Gasteiger partial charge in [-0.2, -0.15) is 0 Å². The lowest BCUT2D eigenvalue weighted by Gasteiger charge is -2.33. The van der Waals surface area contributed by atoms with Gasteiger partial charge in [0.05, 0.1) is 12.7 Å². The number of morpholine rings is 1. The van der Waals surface area contributed by atoms with Crippen molar-refractivity contribution in [1.29, 1.82) is 0 Å². The zero-order valence-electron chi connectivity index (χ0n) is 13.6. The summed E-state index contributed by atoms with van der Waals surface area (Å²) in [6.07, 6.45) is 3.46. The van der Waals surface area contributed by atoms with Crippen molar-refractivity contribution in [3.8, 4) is 0 Å². The summed E-state index contributed by atoms with van der Waals surface area (Å²) in [7, 11) is 1.75. The molecule has 4 nitrogen and oxygen atoms in total. The Labute approximate surface area is 132 Å². The number of hydrogen-bond donors (Lipinski definition) is 0. The van der Waals surface area contributed by atoms with Crippen LogP contribution in [0.25, 0.3) is 10.9 Å². The lowest BCUT2D eigenvalue weighted by Crippen LogP contribution is -2.42. The number of ether oxygens (including phenoxy) is 2. The second kappa shape index (κ2) is 7.27. The second-order valence-electron chi connectivity index (χ2n) is 5.96. The Balaban J connectivity index is 1.71. The third-order valence-electron chi connectivity index (χ3n) is 4.51. The number of nitrogens with zero attached hydrogens (tertiary/aromatic N) is 2. The molecule has 2 heterocycles. The van der Waals surface area contributed by atoms with Crippen molar-refractivity contribution in [3.63, 3.8) is 0 Å². The number of aromatic nitrogens is 1. The van der Waals surface area contributed by atoms with Crippen LogP contribution in [0.5, 0.6) is 0 Å². The van der Waals surface area contributed by atoms with Crippen LogP contribution in [0.15, 0.2) is 30.5 Å². The second-order valence-corrected chi connectivity index (χ2v) is 5.96. The first-order valence-corrected chi connectivity index (χ1v) is 8.21. The van der Waals surface area contributed by atoms with Crippen LogP contribution >= 0.6 is 0 Å². The van der Waals surface area contributed by atoms with Gasteiger partial charge in [-0.15, -0.1) is 0 Å². The molecule has 0 N–H and O–H groups in total. The fraction of sp³-hybridized carbons (Fsp3) is 0.556. The van der Waals surface area contributed by atoms with Crippen molar-refractivity contribution in [3.05, 3.63) is 36.0 Å². The van der Waals surface area contributed by atoms with Gasteiger partial charge < -0.3 is 14.0 Å². The molecule has 3 rings (SSSR count). The smallest absolute Gasteiger partial charge is 0.0724 e. The number of benzene rings is 1. The number of hydrogen-bond acceptors (Lipinski definition) is 3. The molecule has 1 aromatic carbocycles. The first-order valence-electron chi connectivity index (χ1n) is 8.21. The van der Waals surface area contributed by atoms with Gasteiger partial charge in [0.15, 0.2) is 0 Å². The summed E-state index contributed by atoms with van der Waals surface area (Å²) in [4.78, 5) is 2.50. The molecule has 1 fully saturated rings. The standard InChI is InChI=1S/C18H26N2O2/c1-3-20-9-7-17-15(5-4-6-18(17)20)13-19-10-12-22-16(14-19)8-11-21-2/h4-7,9,16H,3,8,10-14H2,1-2H3/t16-/m1/s1. The Kier molecular flexibility index (Phi) is 5.13. The maximum Gasteiger partial charge on any atom is 0.0724 e. The Morgan fingerprint density at radius 3 is 3.05 bits per heavy atom. The highest BCUT2D eigenvalue weighted by Gasteiger charge is 2.20. The Morgan fingerprint density at radius 2 is 2.23 bits per heavy atom. The maximum absolute atomic E-state index is 5.83. The van der Waals surface area contributed by atoms with Crippen LogP contribution in [0.1, 0.15) is 18.9 Å². The summed E-state index contributed by atoms with van der Waals surface area (Å²) >= 11 is 0. The molecule has 0 saturated carbocycles. The third kappa shape index (κ3) is 3.35. The Bertz CT molecular complexity index is 608. The zero-order valence-corrected chi connectivity index (χ0v) is 13.6. The summed E-state index contributed by atoms with van der Waals surface area (Å²) in [5.74, 6) is 0. The average molecular weight is 302 g/mol. The van der Waals surface area contributed by atoms with E-state index in [9.17, 15) is 0 Å². The highest BCUT2D eigenvalue weighted by atomic mass is 16.5. The monoisotopic (exact) mass is 302 g/mol. The van der Waals surface area contributed by atoms with Crippen molar-refractivity contribution < 1.29 is 9.47 Å². The van der Waals surface area contributed by atoms with Gasteiger partial charge in [-0.25, -0.2) is 0 Å². The van der Waals surface area contributed by atoms with Gasteiger partial charge in [-0.1, -0.05) is 12.1 Å². The molecule has 0 spiro atoms. The molecule has 22 heavy (non-hydrogen) atoms. The van der Waals surface area contributed by atoms with E-state index in [2.05, 4.69) is 46.9 Å². The first-order chi connectivity index (χ1) is 10.8. The van der Waals surface area contributed by atoms with E-state index in [1.54, 1.807) is 7.11 Å². The molecule has 1 atom stereocenters. The Hall–Kier alpha value is -1.36. The molecule has 4 heteroatoms. The van der Waals surface area contributed by atoms with Crippen LogP contribution in [0.2, 0.25) is 0 Å². The quantitative estimate of drug-likeness (QED) is 0.821. The minimum Gasteiger partial charge on any atom is -0.385 e. The molecule has 0 aliphatic carbocycles. The molecular formula is C18H26N2O2. The minimum absolute atomic E-state index is 0.299. The summed E-state index contributed by atoms with van der Waals surface area (Å²) in [5, 5.41) is 1.38. The van der Waals surface area contributed by atoms with Crippen LogP contribution in [0, 0.1) is 0 Å². The number of aryl methyl sites for hydroxylation is 1. The number of rotatable bonds is 6. The van der Waals surface area contributed by atoms with Gasteiger partial charge in [0.1, 0.15) is 0 Å². The molecule has 1 aliphatic heterocycles. The lowest BCUT2D eigenvalue weighted by atomic mass is 10.1. The van der Waals surface area contributed by atoms with Crippen molar-refractivity contribution in [2.24, 2.45) is 0 Å². The van der Waals surface area contributed by atoms with Gasteiger partial charge in [-0.05, 0) is 31.0 Å². The average Bonchev–Trinajstić information content (AvgIpc) is 2.97. The van der Waals surface area contributed by atoms with Crippen molar-refractivity contribution in [1.82, 2.24) is 9.47 Å². The highest BCUT2D eigenvalue weighted by Crippen LogP contribution is 2.22. The number of methoxy groups -OCH3 is 1. The van der Waals surface area contributed by atoms with Gasteiger partial charge in [0, 0.05) is 57.0 Å². The van der Waals surface area contributed by atoms with E-state index in [-0.39, 0.29) is 0 Å². The van der Waals surface area contributed by atoms with Crippen molar-refractivity contribution >= 4 is 10.9 Å². The normalized spacial score (nSPS) is 19.8. The predicted octanol–water partition coefficient (Wildman–Crippen LogP) is 2.90. The van der Waals surface area contributed by atoms with Crippen LogP contribution in [0.3, 0.4) is 0 Å². The van der Waals surface area contributed by atoms with Gasteiger partial charge in [0.25, 0.3) is 0 Å². The van der Waals surface area contributed by atoms with E-state index < -0.39 is 0 Å². The first kappa shape index (κ1) is 15.5. The van der Waals surface area contributed by atoms with E-state index >= 15 is 0 Å². The maximum atomic E-state index is 5.83. The molecule has 0 bridgehead atoms. The molecule has 1 aliphatic rings. The summed E-state index contributed by atoms with van der Waals surface area (Å²) in [6, 6.07) is 8.88. The molecular weight excluding hydrogens is 276 g/mol. The summed E-state index contributed by atoms with van der Waals surface area (Å²) in [6.45, 7) is 7.80. The zero-order chi connectivity index (χ0) is 15.4. The van der Waals surface area contributed by atoms with E-state index in [0.717, 1.165) is 45.8 Å². The van der Waals surface area contributed by atoms with Crippen molar-refractivity contribution in [2.75, 3.05) is 33.4 Å². The summed E-state index contributed by atoms with van der Waals surface area (Å²) in [5.41, 5.74) is 2.75. The van der Waals surface area contributed by atoms with Gasteiger partial charge in [0.2, 0.25) is 0 Å². The predicted molar refractivity (Wildman–Crippen MR) is 89.1 cm³/mol. The summed E-state index contributed by atoms with van der Waals surface area (Å²) < 4.78 is 13.3. The topological polar surface area (TPSA) is 26.6 Å². The lowest BCUT2D eigenvalue weighted by molar-refractivity contribution is -0.0431. The van der Waals surface area contributed by atoms with Crippen LogP contribution in [-0.4, -0.2) is 49.0 Å².